The lowest BCUT2D eigenvalue weighted by molar-refractivity contribution is -0.141. The molecule has 40 heavy (non-hydrogen) atoms. The molecule has 2 atom stereocenters. The van der Waals surface area contributed by atoms with Crippen molar-refractivity contribution in [3.8, 4) is 0 Å². The van der Waals surface area contributed by atoms with E-state index in [2.05, 4.69) is 5.32 Å². The number of hydrogen-bond acceptors (Lipinski definition) is 4. The van der Waals surface area contributed by atoms with Crippen molar-refractivity contribution < 1.29 is 18.0 Å². The van der Waals surface area contributed by atoms with E-state index in [1.165, 1.54) is 10.6 Å². The third-order valence-corrected chi connectivity index (χ3v) is 8.14. The Balaban J connectivity index is 1.86. The Morgan fingerprint density at radius 3 is 2.00 bits per heavy atom. The van der Waals surface area contributed by atoms with Crippen molar-refractivity contribution >= 4 is 27.5 Å². The number of carbonyl (C=O) groups is 2. The molecule has 0 aliphatic carbocycles. The second kappa shape index (κ2) is 14.7. The Morgan fingerprint density at radius 2 is 1.45 bits per heavy atom. The van der Waals surface area contributed by atoms with E-state index in [1.54, 1.807) is 17.0 Å². The molecule has 0 saturated carbocycles. The van der Waals surface area contributed by atoms with Gasteiger partial charge in [0.15, 0.2) is 0 Å². The van der Waals surface area contributed by atoms with Crippen LogP contribution in [0, 0.1) is 6.92 Å². The van der Waals surface area contributed by atoms with Crippen LogP contribution in [0.2, 0.25) is 0 Å². The molecule has 0 aliphatic rings. The van der Waals surface area contributed by atoms with Gasteiger partial charge in [-0.3, -0.25) is 13.9 Å². The van der Waals surface area contributed by atoms with Gasteiger partial charge in [0, 0.05) is 32.0 Å². The number of amides is 2. The van der Waals surface area contributed by atoms with Crippen molar-refractivity contribution in [2.24, 2.45) is 0 Å². The molecule has 1 N–H and O–H groups in total. The topological polar surface area (TPSA) is 86.8 Å². The minimum absolute atomic E-state index is 0.0303. The third-order valence-electron chi connectivity index (χ3n) is 6.94. The average molecular weight is 564 g/mol. The summed E-state index contributed by atoms with van der Waals surface area (Å²) < 4.78 is 26.5. The Morgan fingerprint density at radius 1 is 0.875 bits per heavy atom. The molecule has 2 amide bonds. The molecule has 0 spiro atoms. The van der Waals surface area contributed by atoms with Gasteiger partial charge in [0.25, 0.3) is 0 Å². The molecule has 3 aromatic carbocycles. The highest BCUT2D eigenvalue weighted by atomic mass is 32.2. The largest absolute Gasteiger partial charge is 0.352 e. The molecule has 0 bridgehead atoms. The van der Waals surface area contributed by atoms with Crippen molar-refractivity contribution in [2.45, 2.75) is 65.1 Å². The van der Waals surface area contributed by atoms with E-state index in [-0.39, 0.29) is 37.4 Å². The lowest BCUT2D eigenvalue weighted by Gasteiger charge is -2.32. The van der Waals surface area contributed by atoms with Gasteiger partial charge >= 0.3 is 0 Å². The first-order chi connectivity index (χ1) is 19.1. The van der Waals surface area contributed by atoms with Crippen molar-refractivity contribution in [3.63, 3.8) is 0 Å². The zero-order chi connectivity index (χ0) is 29.1. The van der Waals surface area contributed by atoms with Crippen LogP contribution in [-0.4, -0.2) is 50.0 Å². The second-order valence-corrected chi connectivity index (χ2v) is 12.2. The fourth-order valence-electron chi connectivity index (χ4n) is 4.49. The van der Waals surface area contributed by atoms with Gasteiger partial charge in [0.05, 0.1) is 11.9 Å². The number of anilines is 1. The fourth-order valence-corrected chi connectivity index (χ4v) is 5.46. The zero-order valence-electron chi connectivity index (χ0n) is 23.9. The minimum Gasteiger partial charge on any atom is -0.352 e. The fraction of sp³-hybridized carbons (Fsp3) is 0.375. The summed E-state index contributed by atoms with van der Waals surface area (Å²) in [5.41, 5.74) is 3.48. The number of nitrogens with zero attached hydrogens (tertiary/aromatic N) is 2. The van der Waals surface area contributed by atoms with E-state index < -0.39 is 16.1 Å². The average Bonchev–Trinajstić information content (AvgIpc) is 2.94. The Hall–Kier alpha value is -3.65. The van der Waals surface area contributed by atoms with Gasteiger partial charge in [-0.05, 0) is 49.9 Å². The monoisotopic (exact) mass is 563 g/mol. The molecule has 0 radical (unpaired) electrons. The first-order valence-corrected chi connectivity index (χ1v) is 15.7. The van der Waals surface area contributed by atoms with E-state index in [9.17, 15) is 18.0 Å². The summed E-state index contributed by atoms with van der Waals surface area (Å²) in [6, 6.07) is 25.8. The summed E-state index contributed by atoms with van der Waals surface area (Å²) in [7, 11) is -3.54. The van der Waals surface area contributed by atoms with Gasteiger partial charge in [-0.15, -0.1) is 0 Å². The number of rotatable bonds is 14. The van der Waals surface area contributed by atoms with Gasteiger partial charge in [-0.25, -0.2) is 8.42 Å². The van der Waals surface area contributed by atoms with Crippen molar-refractivity contribution in [2.75, 3.05) is 17.1 Å². The normalized spacial score (nSPS) is 12.8. The summed E-state index contributed by atoms with van der Waals surface area (Å²) in [4.78, 5) is 29.1. The summed E-state index contributed by atoms with van der Waals surface area (Å²) in [5.74, 6) is -0.388. The maximum absolute atomic E-state index is 13.8. The van der Waals surface area contributed by atoms with Crippen LogP contribution in [0.4, 0.5) is 5.69 Å². The summed E-state index contributed by atoms with van der Waals surface area (Å²) in [5, 5.41) is 3.07. The first kappa shape index (κ1) is 30.9. The van der Waals surface area contributed by atoms with Crippen LogP contribution in [0.3, 0.4) is 0 Å². The number of carbonyl (C=O) groups excluding carboxylic acids is 2. The molecule has 8 heteroatoms. The molecule has 3 aromatic rings. The SMILES string of the molecule is CC[C@H](C)NC(=O)[C@H](Cc1ccccc1)N(Cc1ccccc1)C(=O)CCCN(c1ccc(C)cc1)S(C)(=O)=O. The first-order valence-electron chi connectivity index (χ1n) is 13.8. The molecule has 0 unspecified atom stereocenters. The molecule has 0 aliphatic heterocycles. The van der Waals surface area contributed by atoms with Crippen LogP contribution in [0.1, 0.15) is 49.8 Å². The van der Waals surface area contributed by atoms with E-state index in [1.807, 2.05) is 93.6 Å². The second-order valence-electron chi connectivity index (χ2n) is 10.3. The predicted octanol–water partition coefficient (Wildman–Crippen LogP) is 5.10. The highest BCUT2D eigenvalue weighted by molar-refractivity contribution is 7.92. The number of aryl methyl sites for hydroxylation is 1. The van der Waals surface area contributed by atoms with Crippen molar-refractivity contribution in [1.29, 1.82) is 0 Å². The summed E-state index contributed by atoms with van der Waals surface area (Å²) >= 11 is 0. The molecule has 0 saturated heterocycles. The van der Waals surface area contributed by atoms with Crippen LogP contribution in [-0.2, 0) is 32.6 Å². The van der Waals surface area contributed by atoms with Crippen LogP contribution >= 0.6 is 0 Å². The highest BCUT2D eigenvalue weighted by Gasteiger charge is 2.31. The van der Waals surface area contributed by atoms with E-state index >= 15 is 0 Å². The molecule has 214 valence electrons. The third kappa shape index (κ3) is 9.23. The zero-order valence-corrected chi connectivity index (χ0v) is 24.7. The summed E-state index contributed by atoms with van der Waals surface area (Å²) in [6.45, 7) is 6.34. The quantitative estimate of drug-likeness (QED) is 0.296. The van der Waals surface area contributed by atoms with Crippen LogP contribution in [0.25, 0.3) is 0 Å². The molecule has 0 heterocycles. The Bertz CT molecular complexity index is 1330. The molecule has 7 nitrogen and oxygen atoms in total. The van der Waals surface area contributed by atoms with Gasteiger partial charge in [0.2, 0.25) is 21.8 Å². The van der Waals surface area contributed by atoms with Crippen LogP contribution in [0.5, 0.6) is 0 Å². The highest BCUT2D eigenvalue weighted by Crippen LogP contribution is 2.21. The standard InChI is InChI=1S/C32H41N3O4S/c1-5-26(3)33-32(37)30(23-27-13-8-6-9-14-27)34(24-28-15-10-7-11-16-28)31(36)17-12-22-35(40(4,38)39)29-20-18-25(2)19-21-29/h6-11,13-16,18-21,26,30H,5,12,17,22-24H2,1-4H3,(H,33,37)/t26-,30-/m0/s1. The van der Waals surface area contributed by atoms with Crippen LogP contribution in [0.15, 0.2) is 84.9 Å². The maximum atomic E-state index is 13.8. The molecular weight excluding hydrogens is 522 g/mol. The Kier molecular flexibility index (Phi) is 11.3. The number of sulfonamides is 1. The van der Waals surface area contributed by atoms with Gasteiger partial charge < -0.3 is 10.2 Å². The van der Waals surface area contributed by atoms with Gasteiger partial charge in [-0.1, -0.05) is 85.3 Å². The van der Waals surface area contributed by atoms with Crippen molar-refractivity contribution in [1.82, 2.24) is 10.2 Å². The van der Waals surface area contributed by atoms with Gasteiger partial charge in [-0.2, -0.15) is 0 Å². The lowest BCUT2D eigenvalue weighted by atomic mass is 10.0. The molecule has 0 fully saturated rings. The van der Waals surface area contributed by atoms with E-state index in [4.69, 9.17) is 0 Å². The maximum Gasteiger partial charge on any atom is 0.243 e. The number of hydrogen-bond donors (Lipinski definition) is 1. The number of benzene rings is 3. The molecule has 3 rings (SSSR count). The smallest absolute Gasteiger partial charge is 0.243 e. The van der Waals surface area contributed by atoms with E-state index in [0.29, 0.717) is 18.5 Å². The van der Waals surface area contributed by atoms with Gasteiger partial charge in [0.1, 0.15) is 6.04 Å². The number of nitrogens with one attached hydrogen (secondary N) is 1. The Labute approximate surface area is 239 Å². The van der Waals surface area contributed by atoms with E-state index in [0.717, 1.165) is 23.1 Å². The molecule has 0 aromatic heterocycles. The lowest BCUT2D eigenvalue weighted by Crippen LogP contribution is -2.52. The minimum atomic E-state index is -3.54. The summed E-state index contributed by atoms with van der Waals surface area (Å²) in [6.07, 6.45) is 2.74. The molecular formula is C32H41N3O4S. The predicted molar refractivity (Wildman–Crippen MR) is 161 cm³/mol. The van der Waals surface area contributed by atoms with Crippen molar-refractivity contribution in [3.05, 3.63) is 102 Å². The van der Waals surface area contributed by atoms with Crippen LogP contribution < -0.4 is 9.62 Å².